The molecule has 9 heteroatoms. The van der Waals surface area contributed by atoms with Crippen LogP contribution in [0.3, 0.4) is 0 Å². The highest BCUT2D eigenvalue weighted by molar-refractivity contribution is 5.85. The van der Waals surface area contributed by atoms with Gasteiger partial charge in [-0.15, -0.1) is 24.8 Å². The van der Waals surface area contributed by atoms with E-state index in [9.17, 15) is 4.79 Å². The summed E-state index contributed by atoms with van der Waals surface area (Å²) < 4.78 is 5.50. The lowest BCUT2D eigenvalue weighted by atomic mass is 10.1. The van der Waals surface area contributed by atoms with Crippen molar-refractivity contribution in [3.05, 3.63) is 66.1 Å². The topological polar surface area (TPSA) is 88.5 Å². The summed E-state index contributed by atoms with van der Waals surface area (Å²) in [5.74, 6) is 1.35. The van der Waals surface area contributed by atoms with Crippen molar-refractivity contribution < 1.29 is 9.32 Å². The van der Waals surface area contributed by atoms with Gasteiger partial charge in [-0.1, -0.05) is 47.6 Å². The summed E-state index contributed by atoms with van der Waals surface area (Å²) in [6, 6.07) is 17.3. The summed E-state index contributed by atoms with van der Waals surface area (Å²) in [4.78, 5) is 21.3. The number of carbonyl (C=O) groups is 1. The number of nitrogens with two attached hydrogens (primary N) is 1. The van der Waals surface area contributed by atoms with Gasteiger partial charge in [-0.3, -0.25) is 9.69 Å². The molecule has 1 aliphatic rings. The smallest absolute Gasteiger partial charge is 0.244 e. The Morgan fingerprint density at radius 3 is 2.32 bits per heavy atom. The van der Waals surface area contributed by atoms with Crippen molar-refractivity contribution in [2.75, 3.05) is 31.9 Å². The van der Waals surface area contributed by atoms with Gasteiger partial charge in [0.2, 0.25) is 17.6 Å². The second-order valence-corrected chi connectivity index (χ2v) is 7.33. The van der Waals surface area contributed by atoms with Gasteiger partial charge >= 0.3 is 0 Å². The lowest BCUT2D eigenvalue weighted by Gasteiger charge is -2.36. The standard InChI is InChI=1S/C22H25N5O2.2ClH/c1-16(22-24-21(25-29-22)18-5-3-2-4-6-18)26-11-13-27(14-12-26)20(28)15-17-7-9-19(23)10-8-17;;/h2-10,16H,11-15,23H2,1H3;2*1H. The van der Waals surface area contributed by atoms with E-state index >= 15 is 0 Å². The Morgan fingerprint density at radius 2 is 1.68 bits per heavy atom. The lowest BCUT2D eigenvalue weighted by Crippen LogP contribution is -2.49. The Balaban J connectivity index is 0.00000171. The molecular formula is C22H27Cl2N5O2. The van der Waals surface area contributed by atoms with Gasteiger partial charge in [0.25, 0.3) is 0 Å². The summed E-state index contributed by atoms with van der Waals surface area (Å²) in [7, 11) is 0. The van der Waals surface area contributed by atoms with Crippen molar-refractivity contribution in [3.63, 3.8) is 0 Å². The van der Waals surface area contributed by atoms with E-state index in [0.29, 0.717) is 36.9 Å². The van der Waals surface area contributed by atoms with Crippen molar-refractivity contribution in [2.24, 2.45) is 0 Å². The molecule has 1 fully saturated rings. The third-order valence-electron chi connectivity index (χ3n) is 5.38. The first-order chi connectivity index (χ1) is 14.1. The molecule has 1 atom stereocenters. The third-order valence-corrected chi connectivity index (χ3v) is 5.38. The largest absolute Gasteiger partial charge is 0.399 e. The molecule has 0 bridgehead atoms. The predicted octanol–water partition coefficient (Wildman–Crippen LogP) is 3.61. The molecule has 0 spiro atoms. The number of amides is 1. The van der Waals surface area contributed by atoms with Crippen molar-refractivity contribution in [1.29, 1.82) is 0 Å². The molecule has 4 rings (SSSR count). The zero-order chi connectivity index (χ0) is 20.2. The maximum Gasteiger partial charge on any atom is 0.244 e. The van der Waals surface area contributed by atoms with Gasteiger partial charge in [-0.05, 0) is 24.6 Å². The van der Waals surface area contributed by atoms with E-state index in [-0.39, 0.29) is 36.8 Å². The summed E-state index contributed by atoms with van der Waals surface area (Å²) >= 11 is 0. The Kier molecular flexibility index (Phi) is 8.86. The van der Waals surface area contributed by atoms with Gasteiger partial charge in [0.1, 0.15) is 0 Å². The maximum absolute atomic E-state index is 12.6. The molecular weight excluding hydrogens is 437 g/mol. The zero-order valence-electron chi connectivity index (χ0n) is 17.3. The van der Waals surface area contributed by atoms with E-state index in [0.717, 1.165) is 24.2 Å². The van der Waals surface area contributed by atoms with E-state index in [1.807, 2.05) is 59.5 Å². The molecule has 31 heavy (non-hydrogen) atoms. The van der Waals surface area contributed by atoms with Crippen LogP contribution in [0.4, 0.5) is 5.69 Å². The molecule has 2 N–H and O–H groups in total. The number of anilines is 1. The summed E-state index contributed by atoms with van der Waals surface area (Å²) in [5, 5.41) is 4.11. The van der Waals surface area contributed by atoms with Gasteiger partial charge in [-0.2, -0.15) is 4.98 Å². The minimum atomic E-state index is 0. The Labute approximate surface area is 194 Å². The number of halogens is 2. The van der Waals surface area contributed by atoms with Crippen LogP contribution in [0, 0.1) is 0 Å². The SMILES string of the molecule is CC(c1nc(-c2ccccc2)no1)N1CCN(C(=O)Cc2ccc(N)cc2)CC1.Cl.Cl. The highest BCUT2D eigenvalue weighted by Gasteiger charge is 2.27. The number of carbonyl (C=O) groups excluding carboxylic acids is 1. The normalized spacial score (nSPS) is 14.9. The van der Waals surface area contributed by atoms with E-state index < -0.39 is 0 Å². The number of nitrogen functional groups attached to an aromatic ring is 1. The van der Waals surface area contributed by atoms with Crippen LogP contribution in [0.2, 0.25) is 0 Å². The van der Waals surface area contributed by atoms with Crippen LogP contribution in [0.5, 0.6) is 0 Å². The Bertz CT molecular complexity index is 958. The molecule has 1 aliphatic heterocycles. The molecule has 3 aromatic rings. The van der Waals surface area contributed by atoms with Gasteiger partial charge in [-0.25, -0.2) is 0 Å². The second-order valence-electron chi connectivity index (χ2n) is 7.33. The number of nitrogens with zero attached hydrogens (tertiary/aromatic N) is 4. The molecule has 0 saturated carbocycles. The number of benzene rings is 2. The quantitative estimate of drug-likeness (QED) is 0.581. The summed E-state index contributed by atoms with van der Waals surface area (Å²) in [5.41, 5.74) is 8.34. The van der Waals surface area contributed by atoms with E-state index in [1.165, 1.54) is 0 Å². The molecule has 7 nitrogen and oxygen atoms in total. The molecule has 1 saturated heterocycles. The van der Waals surface area contributed by atoms with Crippen LogP contribution in [0.25, 0.3) is 11.4 Å². The maximum atomic E-state index is 12.6. The van der Waals surface area contributed by atoms with Crippen LogP contribution in [0.1, 0.15) is 24.4 Å². The van der Waals surface area contributed by atoms with Crippen LogP contribution in [-0.4, -0.2) is 52.0 Å². The fraction of sp³-hybridized carbons (Fsp3) is 0.318. The summed E-state index contributed by atoms with van der Waals surface area (Å²) in [6.45, 7) is 5.00. The fourth-order valence-electron chi connectivity index (χ4n) is 3.55. The molecule has 1 aromatic heterocycles. The molecule has 166 valence electrons. The monoisotopic (exact) mass is 463 g/mol. The zero-order valence-corrected chi connectivity index (χ0v) is 18.9. The Hall–Kier alpha value is -2.61. The number of aromatic nitrogens is 2. The van der Waals surface area contributed by atoms with Gasteiger partial charge in [0, 0.05) is 37.4 Å². The highest BCUT2D eigenvalue weighted by Crippen LogP contribution is 2.23. The van der Waals surface area contributed by atoms with Crippen molar-refractivity contribution in [3.8, 4) is 11.4 Å². The van der Waals surface area contributed by atoms with Crippen LogP contribution in [0.15, 0.2) is 59.1 Å². The van der Waals surface area contributed by atoms with Crippen molar-refractivity contribution in [1.82, 2.24) is 19.9 Å². The second kappa shape index (κ2) is 11.1. The third kappa shape index (κ3) is 5.97. The number of hydrogen-bond acceptors (Lipinski definition) is 6. The van der Waals surface area contributed by atoms with Gasteiger partial charge < -0.3 is 15.2 Å². The molecule has 0 radical (unpaired) electrons. The minimum absolute atomic E-state index is 0. The number of piperazine rings is 1. The molecule has 1 amide bonds. The van der Waals surface area contributed by atoms with Gasteiger partial charge in [0.05, 0.1) is 12.5 Å². The van der Waals surface area contributed by atoms with Crippen molar-refractivity contribution in [2.45, 2.75) is 19.4 Å². The minimum Gasteiger partial charge on any atom is -0.399 e. The van der Waals surface area contributed by atoms with Crippen molar-refractivity contribution >= 4 is 36.4 Å². The molecule has 2 heterocycles. The summed E-state index contributed by atoms with van der Waals surface area (Å²) in [6.07, 6.45) is 0.403. The molecule has 0 aliphatic carbocycles. The first kappa shape index (κ1) is 24.7. The molecule has 2 aromatic carbocycles. The number of rotatable bonds is 5. The van der Waals surface area contributed by atoms with Crippen LogP contribution in [-0.2, 0) is 11.2 Å². The van der Waals surface area contributed by atoms with E-state index in [4.69, 9.17) is 10.3 Å². The van der Waals surface area contributed by atoms with E-state index in [1.54, 1.807) is 0 Å². The fourth-order valence-corrected chi connectivity index (χ4v) is 3.55. The van der Waals surface area contributed by atoms with Gasteiger partial charge in [0.15, 0.2) is 0 Å². The average molecular weight is 464 g/mol. The first-order valence-electron chi connectivity index (χ1n) is 9.85. The van der Waals surface area contributed by atoms with Crippen LogP contribution >= 0.6 is 24.8 Å². The van der Waals surface area contributed by atoms with E-state index in [2.05, 4.69) is 22.0 Å². The Morgan fingerprint density at radius 1 is 1.03 bits per heavy atom. The predicted molar refractivity (Wildman–Crippen MR) is 125 cm³/mol. The highest BCUT2D eigenvalue weighted by atomic mass is 35.5. The molecule has 1 unspecified atom stereocenters. The first-order valence-corrected chi connectivity index (χ1v) is 9.85. The number of hydrogen-bond donors (Lipinski definition) is 1. The average Bonchev–Trinajstić information content (AvgIpc) is 3.26. The lowest BCUT2D eigenvalue weighted by molar-refractivity contribution is -0.132. The van der Waals surface area contributed by atoms with Crippen LogP contribution < -0.4 is 5.73 Å².